The third-order valence-corrected chi connectivity index (χ3v) is 4.90. The van der Waals surface area contributed by atoms with Crippen molar-refractivity contribution in [2.75, 3.05) is 20.6 Å². The van der Waals surface area contributed by atoms with Crippen molar-refractivity contribution >= 4 is 34.5 Å². The highest BCUT2D eigenvalue weighted by molar-refractivity contribution is 7.16. The van der Waals surface area contributed by atoms with Gasteiger partial charge in [0.15, 0.2) is 0 Å². The van der Waals surface area contributed by atoms with Gasteiger partial charge in [0.25, 0.3) is 0 Å². The third kappa shape index (κ3) is 5.28. The van der Waals surface area contributed by atoms with Crippen LogP contribution in [0, 0.1) is 0 Å². The van der Waals surface area contributed by atoms with Crippen LogP contribution in [0.2, 0.25) is 9.36 Å². The average molecular weight is 343 g/mol. The molecule has 2 aromatic rings. The topological polar surface area (TPSA) is 15.3 Å². The minimum absolute atomic E-state index is 0.318. The number of thiophene rings is 1. The second-order valence-electron chi connectivity index (χ2n) is 5.13. The molecule has 0 saturated heterocycles. The molecule has 0 aliphatic carbocycles. The van der Waals surface area contributed by atoms with E-state index in [-0.39, 0.29) is 0 Å². The fraction of sp³-hybridized carbons (Fsp3) is 0.375. The Labute approximate surface area is 140 Å². The van der Waals surface area contributed by atoms with Gasteiger partial charge < -0.3 is 10.2 Å². The van der Waals surface area contributed by atoms with Gasteiger partial charge in [0.2, 0.25) is 0 Å². The molecule has 1 aromatic carbocycles. The fourth-order valence-electron chi connectivity index (χ4n) is 2.33. The number of halogens is 2. The first-order valence-corrected chi connectivity index (χ1v) is 8.51. The number of benzene rings is 1. The molecule has 1 aromatic heterocycles. The van der Waals surface area contributed by atoms with Crippen molar-refractivity contribution in [3.05, 3.63) is 56.2 Å². The third-order valence-electron chi connectivity index (χ3n) is 3.45. The normalized spacial score (nSPS) is 12.8. The molecule has 0 amide bonds. The first-order chi connectivity index (χ1) is 10.1. The Morgan fingerprint density at radius 3 is 2.67 bits per heavy atom. The zero-order valence-corrected chi connectivity index (χ0v) is 14.6. The summed E-state index contributed by atoms with van der Waals surface area (Å²) in [5, 5.41) is 4.15. The summed E-state index contributed by atoms with van der Waals surface area (Å²) in [4.78, 5) is 3.61. The van der Waals surface area contributed by atoms with E-state index in [0.29, 0.717) is 6.04 Å². The van der Waals surface area contributed by atoms with Gasteiger partial charge in [0.1, 0.15) is 0 Å². The number of hydrogen-bond donors (Lipinski definition) is 1. The second-order valence-corrected chi connectivity index (χ2v) is 7.36. The Morgan fingerprint density at radius 2 is 2.05 bits per heavy atom. The van der Waals surface area contributed by atoms with Gasteiger partial charge in [-0.05, 0) is 50.3 Å². The van der Waals surface area contributed by atoms with Crippen LogP contribution in [0.3, 0.4) is 0 Å². The summed E-state index contributed by atoms with van der Waals surface area (Å²) in [5.74, 6) is 0. The summed E-state index contributed by atoms with van der Waals surface area (Å²) in [6, 6.07) is 12.4. The van der Waals surface area contributed by atoms with E-state index < -0.39 is 0 Å². The molecule has 0 spiro atoms. The van der Waals surface area contributed by atoms with Crippen LogP contribution in [0.4, 0.5) is 0 Å². The zero-order chi connectivity index (χ0) is 15.2. The summed E-state index contributed by atoms with van der Waals surface area (Å²) < 4.78 is 0.852. The smallest absolute Gasteiger partial charge is 0.0931 e. The Hall–Kier alpha value is -0.580. The lowest BCUT2D eigenvalue weighted by Crippen LogP contribution is -2.25. The molecular formula is C16H20Cl2N2S. The van der Waals surface area contributed by atoms with E-state index in [1.54, 1.807) is 11.3 Å². The van der Waals surface area contributed by atoms with Crippen molar-refractivity contribution in [2.45, 2.75) is 19.0 Å². The van der Waals surface area contributed by atoms with Crippen molar-refractivity contribution in [1.82, 2.24) is 10.2 Å². The van der Waals surface area contributed by atoms with Crippen LogP contribution in [0.25, 0.3) is 0 Å². The number of rotatable bonds is 7. The van der Waals surface area contributed by atoms with Gasteiger partial charge in [0, 0.05) is 29.0 Å². The SMILES string of the molecule is CNC(CCN(C)Cc1ccc(Cl)s1)c1cccc(Cl)c1. The lowest BCUT2D eigenvalue weighted by Gasteiger charge is -2.21. The van der Waals surface area contributed by atoms with E-state index in [1.165, 1.54) is 10.4 Å². The highest BCUT2D eigenvalue weighted by Crippen LogP contribution is 2.23. The van der Waals surface area contributed by atoms with Crippen LogP contribution in [-0.4, -0.2) is 25.5 Å². The summed E-state index contributed by atoms with van der Waals surface area (Å²) >= 11 is 13.7. The largest absolute Gasteiger partial charge is 0.313 e. The second kappa shape index (κ2) is 8.16. The summed E-state index contributed by atoms with van der Waals surface area (Å²) in [5.41, 5.74) is 1.23. The monoisotopic (exact) mass is 342 g/mol. The van der Waals surface area contributed by atoms with Crippen LogP contribution >= 0.6 is 34.5 Å². The van der Waals surface area contributed by atoms with E-state index in [4.69, 9.17) is 23.2 Å². The maximum Gasteiger partial charge on any atom is 0.0931 e. The minimum atomic E-state index is 0.318. The molecule has 1 heterocycles. The molecule has 2 rings (SSSR count). The Kier molecular flexibility index (Phi) is 6.52. The van der Waals surface area contributed by atoms with Crippen LogP contribution in [0.15, 0.2) is 36.4 Å². The minimum Gasteiger partial charge on any atom is -0.313 e. The number of nitrogens with one attached hydrogen (secondary N) is 1. The van der Waals surface area contributed by atoms with Crippen molar-refractivity contribution in [3.8, 4) is 0 Å². The average Bonchev–Trinajstić information content (AvgIpc) is 2.85. The molecule has 21 heavy (non-hydrogen) atoms. The van der Waals surface area contributed by atoms with Crippen LogP contribution in [0.5, 0.6) is 0 Å². The standard InChI is InChI=1S/C16H20Cl2N2S/c1-19-15(12-4-3-5-13(17)10-12)8-9-20(2)11-14-6-7-16(18)21-14/h3-7,10,15,19H,8-9,11H2,1-2H3. The fourth-order valence-corrected chi connectivity index (χ4v) is 3.70. The van der Waals surface area contributed by atoms with Crippen LogP contribution in [0.1, 0.15) is 22.9 Å². The summed E-state index contributed by atoms with van der Waals surface area (Å²) in [6.45, 7) is 1.94. The molecule has 1 unspecified atom stereocenters. The van der Waals surface area contributed by atoms with Gasteiger partial charge >= 0.3 is 0 Å². The summed E-state index contributed by atoms with van der Waals surface area (Å²) in [6.07, 6.45) is 1.03. The van der Waals surface area contributed by atoms with Gasteiger partial charge in [-0.25, -0.2) is 0 Å². The molecule has 0 saturated carbocycles. The number of hydrogen-bond acceptors (Lipinski definition) is 3. The van der Waals surface area contributed by atoms with Gasteiger partial charge in [-0.3, -0.25) is 0 Å². The Bertz CT molecular complexity index is 571. The van der Waals surface area contributed by atoms with Gasteiger partial charge in [-0.2, -0.15) is 0 Å². The molecule has 2 nitrogen and oxygen atoms in total. The molecule has 114 valence electrons. The number of nitrogens with zero attached hydrogens (tertiary/aromatic N) is 1. The quantitative estimate of drug-likeness (QED) is 0.774. The predicted octanol–water partition coefficient (Wildman–Crippen LogP) is 4.84. The molecule has 1 atom stereocenters. The highest BCUT2D eigenvalue weighted by Gasteiger charge is 2.11. The molecule has 0 radical (unpaired) electrons. The molecule has 5 heteroatoms. The van der Waals surface area contributed by atoms with E-state index in [2.05, 4.69) is 29.4 Å². The molecule has 1 N–H and O–H groups in total. The van der Waals surface area contributed by atoms with E-state index >= 15 is 0 Å². The van der Waals surface area contributed by atoms with Crippen molar-refractivity contribution in [3.63, 3.8) is 0 Å². The zero-order valence-electron chi connectivity index (χ0n) is 12.3. The van der Waals surface area contributed by atoms with Gasteiger partial charge in [-0.1, -0.05) is 35.3 Å². The van der Waals surface area contributed by atoms with E-state index in [1.807, 2.05) is 31.3 Å². The van der Waals surface area contributed by atoms with Gasteiger partial charge in [0.05, 0.1) is 4.34 Å². The first kappa shape index (κ1) is 16.8. The van der Waals surface area contributed by atoms with E-state index in [0.717, 1.165) is 28.9 Å². The predicted molar refractivity (Wildman–Crippen MR) is 93.5 cm³/mol. The molecular weight excluding hydrogens is 323 g/mol. The van der Waals surface area contributed by atoms with Crippen molar-refractivity contribution in [1.29, 1.82) is 0 Å². The van der Waals surface area contributed by atoms with Crippen molar-refractivity contribution < 1.29 is 0 Å². The van der Waals surface area contributed by atoms with Crippen LogP contribution < -0.4 is 5.32 Å². The lowest BCUT2D eigenvalue weighted by atomic mass is 10.0. The molecule has 0 aliphatic rings. The van der Waals surface area contributed by atoms with E-state index in [9.17, 15) is 0 Å². The highest BCUT2D eigenvalue weighted by atomic mass is 35.5. The van der Waals surface area contributed by atoms with Crippen molar-refractivity contribution in [2.24, 2.45) is 0 Å². The van der Waals surface area contributed by atoms with Gasteiger partial charge in [-0.15, -0.1) is 11.3 Å². The first-order valence-electron chi connectivity index (χ1n) is 6.94. The lowest BCUT2D eigenvalue weighted by molar-refractivity contribution is 0.306. The maximum absolute atomic E-state index is 6.07. The Balaban J connectivity index is 1.87. The summed E-state index contributed by atoms with van der Waals surface area (Å²) in [7, 11) is 4.13. The molecule has 0 aliphatic heterocycles. The maximum atomic E-state index is 6.07. The van der Waals surface area contributed by atoms with Crippen LogP contribution in [-0.2, 0) is 6.54 Å². The molecule has 0 bridgehead atoms. The Morgan fingerprint density at radius 1 is 1.24 bits per heavy atom. The molecule has 0 fully saturated rings.